The van der Waals surface area contributed by atoms with Gasteiger partial charge in [0.15, 0.2) is 0 Å². The third-order valence-corrected chi connectivity index (χ3v) is 11.7. The fraction of sp³-hybridized carbons (Fsp3) is 0.217. The molecule has 0 amide bonds. The number of fused-ring (bicyclic) bond motifs is 4. The van der Waals surface area contributed by atoms with Crippen LogP contribution < -0.4 is 9.30 Å². The number of hydrogen-bond donors (Lipinski definition) is 0. The standard InChI is InChI=1S/C60H55N5O.Pt/c1-58(2,3)38-40-28-30-62-56(32-40)65-51-23-14-13-20-49(51)50-27-26-45(36-54(50)65)66-46-29-31-61-55(37-46)63-39-64(53-25-16-15-24-52(53)63)57-47(41-18-11-10-12-19-41)21-17-22-48(57)42-33-43(59(4,5)6)35-44(34-42)60(7,8)9;/h10-35H,38H2,1-9H3;/q-2;/i10D,11D,12D,18D,19D,38D2;. The molecule has 0 saturated carbocycles. The van der Waals surface area contributed by atoms with E-state index in [1.165, 1.54) is 0 Å². The monoisotopic (exact) mass is 1060 g/mol. The van der Waals surface area contributed by atoms with Crippen LogP contribution in [0.25, 0.3) is 72.4 Å². The number of hydrogen-bond acceptors (Lipinski definition) is 3. The summed E-state index contributed by atoms with van der Waals surface area (Å²) < 4.78 is 74.6. The number of pyridine rings is 2. The van der Waals surface area contributed by atoms with Gasteiger partial charge in [-0.2, -0.15) is 18.2 Å². The van der Waals surface area contributed by atoms with E-state index in [1.807, 2.05) is 109 Å². The van der Waals surface area contributed by atoms with Gasteiger partial charge in [0.05, 0.1) is 29.4 Å². The average Bonchev–Trinajstić information content (AvgIpc) is 3.90. The number of nitrogens with zero attached hydrogens (tertiary/aromatic N) is 5. The van der Waals surface area contributed by atoms with E-state index in [2.05, 4.69) is 78.2 Å². The Morgan fingerprint density at radius 3 is 2.01 bits per heavy atom. The van der Waals surface area contributed by atoms with E-state index >= 15 is 0 Å². The molecule has 0 atom stereocenters. The normalized spacial score (nSPS) is 13.9. The molecule has 10 aromatic rings. The summed E-state index contributed by atoms with van der Waals surface area (Å²) in [5.74, 6) is 1.68. The molecule has 7 heteroatoms. The van der Waals surface area contributed by atoms with Gasteiger partial charge in [-0.1, -0.05) is 183 Å². The van der Waals surface area contributed by atoms with Crippen molar-refractivity contribution in [3.8, 4) is 51.1 Å². The third-order valence-electron chi connectivity index (χ3n) is 11.7. The predicted molar refractivity (Wildman–Crippen MR) is 269 cm³/mol. The first-order chi connectivity index (χ1) is 34.4. The third kappa shape index (κ3) is 9.00. The van der Waals surface area contributed by atoms with Crippen LogP contribution >= 0.6 is 0 Å². The molecule has 338 valence electrons. The van der Waals surface area contributed by atoms with E-state index in [-0.39, 0.29) is 49.5 Å². The molecule has 67 heavy (non-hydrogen) atoms. The first-order valence-corrected chi connectivity index (χ1v) is 22.2. The molecule has 0 radical (unpaired) electrons. The molecule has 0 spiro atoms. The molecule has 6 nitrogen and oxygen atoms in total. The quantitative estimate of drug-likeness (QED) is 0.113. The second-order valence-electron chi connectivity index (χ2n) is 19.8. The van der Waals surface area contributed by atoms with Gasteiger partial charge in [-0.15, -0.1) is 17.5 Å². The summed E-state index contributed by atoms with van der Waals surface area (Å²) in [6, 6.07) is 42.2. The van der Waals surface area contributed by atoms with Crippen molar-refractivity contribution in [3.05, 3.63) is 193 Å². The van der Waals surface area contributed by atoms with Crippen LogP contribution in [-0.2, 0) is 38.3 Å². The van der Waals surface area contributed by atoms with Crippen molar-refractivity contribution in [1.29, 1.82) is 0 Å². The van der Waals surface area contributed by atoms with Crippen LogP contribution in [0.5, 0.6) is 11.5 Å². The summed E-state index contributed by atoms with van der Waals surface area (Å²) in [5, 5.41) is 1.91. The summed E-state index contributed by atoms with van der Waals surface area (Å²) in [4.78, 5) is 9.53. The Kier molecular flexibility index (Phi) is 9.81. The van der Waals surface area contributed by atoms with Crippen LogP contribution in [0.4, 0.5) is 0 Å². The van der Waals surface area contributed by atoms with Crippen molar-refractivity contribution < 1.29 is 40.0 Å². The van der Waals surface area contributed by atoms with Gasteiger partial charge in [-0.25, -0.2) is 4.98 Å². The van der Waals surface area contributed by atoms with E-state index in [0.717, 1.165) is 38.5 Å². The number of para-hydroxylation sites is 4. The number of benzene rings is 6. The van der Waals surface area contributed by atoms with E-state index < -0.39 is 29.9 Å². The minimum absolute atomic E-state index is 0. The zero-order chi connectivity index (χ0) is 52.1. The Labute approximate surface area is 419 Å². The molecule has 0 unspecified atom stereocenters. The molecule has 0 bridgehead atoms. The van der Waals surface area contributed by atoms with Crippen LogP contribution in [0, 0.1) is 23.9 Å². The Bertz CT molecular complexity index is 3780. The SMILES string of the molecule is [2H]c1c([2H])c([2H])c(-c2cccc(-c3cc(C(C)(C)C)cc(C(C)(C)C)c3)c2-[n+]2[c-]n(-c3[c-]c(Oc4[c-]c5c(cc4)c4ccccc4n5-c4cc(C([2H])([2H])C(C)(C)C)ccn4)ccn3)c3ccccc32)c([2H])c1[2H].[Pt]. The van der Waals surface area contributed by atoms with Gasteiger partial charge < -0.3 is 9.30 Å². The topological polar surface area (TPSA) is 48.8 Å². The van der Waals surface area contributed by atoms with Crippen LogP contribution in [0.2, 0.25) is 0 Å². The Morgan fingerprint density at radius 2 is 1.30 bits per heavy atom. The average molecular weight is 1060 g/mol. The second kappa shape index (κ2) is 17.6. The summed E-state index contributed by atoms with van der Waals surface area (Å²) in [7, 11) is 0. The molecule has 4 heterocycles. The molecule has 6 aromatic carbocycles. The maximum atomic E-state index is 9.19. The maximum Gasteiger partial charge on any atom is 0.269 e. The van der Waals surface area contributed by atoms with Crippen LogP contribution in [-0.4, -0.2) is 19.1 Å². The van der Waals surface area contributed by atoms with Crippen molar-refractivity contribution in [2.75, 3.05) is 0 Å². The number of aromatic nitrogens is 5. The van der Waals surface area contributed by atoms with Crippen molar-refractivity contribution in [1.82, 2.24) is 19.1 Å². The van der Waals surface area contributed by atoms with E-state index in [4.69, 9.17) is 21.6 Å². The summed E-state index contributed by atoms with van der Waals surface area (Å²) in [6.07, 6.45) is 5.23. The number of rotatable bonds is 8. The summed E-state index contributed by atoms with van der Waals surface area (Å²) in [5.41, 5.74) is 7.49. The number of imidazole rings is 1. The fourth-order valence-corrected chi connectivity index (χ4v) is 8.51. The first kappa shape index (κ1) is 37.5. The minimum Gasteiger partial charge on any atom is -0.522 e. The first-order valence-electron chi connectivity index (χ1n) is 25.7. The second-order valence-corrected chi connectivity index (χ2v) is 19.8. The predicted octanol–water partition coefficient (Wildman–Crippen LogP) is 14.5. The largest absolute Gasteiger partial charge is 0.522 e. The number of ether oxygens (including phenoxy) is 1. The molecular weight excluding hydrogens is 1000 g/mol. The van der Waals surface area contributed by atoms with Gasteiger partial charge in [0.2, 0.25) is 0 Å². The Balaban J connectivity index is 0.00000672. The van der Waals surface area contributed by atoms with Crippen molar-refractivity contribution in [3.63, 3.8) is 0 Å². The minimum atomic E-state index is -1.64. The van der Waals surface area contributed by atoms with Crippen LogP contribution in [0.3, 0.4) is 0 Å². The zero-order valence-corrected chi connectivity index (χ0v) is 41.4. The molecule has 0 fully saturated rings. The molecule has 4 aromatic heterocycles. The van der Waals surface area contributed by atoms with Gasteiger partial charge >= 0.3 is 0 Å². The maximum absolute atomic E-state index is 9.19. The van der Waals surface area contributed by atoms with Gasteiger partial charge in [-0.3, -0.25) is 14.1 Å². The van der Waals surface area contributed by atoms with Gasteiger partial charge in [0.25, 0.3) is 6.33 Å². The fourth-order valence-electron chi connectivity index (χ4n) is 8.51. The van der Waals surface area contributed by atoms with Crippen LogP contribution in [0.15, 0.2) is 158 Å². The summed E-state index contributed by atoms with van der Waals surface area (Å²) >= 11 is 0. The van der Waals surface area contributed by atoms with Gasteiger partial charge in [-0.05, 0) is 90.9 Å². The van der Waals surface area contributed by atoms with Gasteiger partial charge in [0.1, 0.15) is 5.82 Å². The van der Waals surface area contributed by atoms with Crippen molar-refractivity contribution in [2.24, 2.45) is 5.41 Å². The van der Waals surface area contributed by atoms with E-state index in [0.29, 0.717) is 56.5 Å². The molecular formula is C60H55N5OPt-2. The smallest absolute Gasteiger partial charge is 0.269 e. The Morgan fingerprint density at radius 1 is 0.642 bits per heavy atom. The molecule has 0 aliphatic carbocycles. The summed E-state index contributed by atoms with van der Waals surface area (Å²) in [6.45, 7) is 18.8. The van der Waals surface area contributed by atoms with Crippen molar-refractivity contribution in [2.45, 2.75) is 79.5 Å². The van der Waals surface area contributed by atoms with Crippen molar-refractivity contribution >= 4 is 32.8 Å². The molecule has 0 aliphatic rings. The zero-order valence-electron chi connectivity index (χ0n) is 46.1. The van der Waals surface area contributed by atoms with Gasteiger partial charge in [0, 0.05) is 41.3 Å². The Hall–Kier alpha value is -6.62. The molecule has 0 N–H and O–H groups in total. The molecule has 0 saturated heterocycles. The van der Waals surface area contributed by atoms with E-state index in [1.54, 1.807) is 35.2 Å². The van der Waals surface area contributed by atoms with Crippen LogP contribution in [0.1, 0.15) is 88.6 Å². The van der Waals surface area contributed by atoms with E-state index in [9.17, 15) is 2.74 Å². The molecule has 10 rings (SSSR count). The molecule has 0 aliphatic heterocycles.